The zero-order valence-electron chi connectivity index (χ0n) is 16.7. The van der Waals surface area contributed by atoms with Gasteiger partial charge >= 0.3 is 0 Å². The predicted octanol–water partition coefficient (Wildman–Crippen LogP) is 7.74. The summed E-state index contributed by atoms with van der Waals surface area (Å²) < 4.78 is 0. The van der Waals surface area contributed by atoms with Crippen molar-refractivity contribution in [3.05, 3.63) is 24.3 Å². The van der Waals surface area contributed by atoms with Crippen molar-refractivity contribution in [1.29, 1.82) is 0 Å². The summed E-state index contributed by atoms with van der Waals surface area (Å²) >= 11 is 0. The fourth-order valence-corrected chi connectivity index (χ4v) is 2.73. The maximum Gasteiger partial charge on any atom is 0.0132 e. The van der Waals surface area contributed by atoms with Gasteiger partial charge < -0.3 is 5.73 Å². The van der Waals surface area contributed by atoms with Crippen molar-refractivity contribution in [1.82, 2.24) is 0 Å². The van der Waals surface area contributed by atoms with E-state index in [0.717, 1.165) is 6.42 Å². The van der Waals surface area contributed by atoms with Crippen LogP contribution in [0.15, 0.2) is 24.3 Å². The molecule has 0 atom stereocenters. The molecule has 0 radical (unpaired) electrons. The van der Waals surface area contributed by atoms with Crippen LogP contribution in [0.3, 0.4) is 0 Å². The lowest BCUT2D eigenvalue weighted by molar-refractivity contribution is 0.527. The third kappa shape index (κ3) is 24.0. The minimum absolute atomic E-state index is 0. The number of hydrogen-bond acceptors (Lipinski definition) is 1. The highest BCUT2D eigenvalue weighted by Crippen LogP contribution is 2.12. The van der Waals surface area contributed by atoms with Gasteiger partial charge in [0.1, 0.15) is 0 Å². The first-order valence-electron chi connectivity index (χ1n) is 10.2. The maximum atomic E-state index is 5.93. The molecule has 0 spiro atoms. The summed E-state index contributed by atoms with van der Waals surface area (Å²) in [7, 11) is 0. The zero-order valence-corrected chi connectivity index (χ0v) is 17.5. The lowest BCUT2D eigenvalue weighted by Crippen LogP contribution is -2.30. The van der Waals surface area contributed by atoms with Crippen LogP contribution in [0.2, 0.25) is 0 Å². The van der Waals surface area contributed by atoms with Gasteiger partial charge in [0.05, 0.1) is 0 Å². The predicted molar refractivity (Wildman–Crippen MR) is 114 cm³/mol. The topological polar surface area (TPSA) is 26.0 Å². The molecule has 0 saturated heterocycles. The normalized spacial score (nSPS) is 12.2. The molecule has 1 nitrogen and oxygen atoms in total. The van der Waals surface area contributed by atoms with Crippen LogP contribution < -0.4 is 5.73 Å². The van der Waals surface area contributed by atoms with Crippen molar-refractivity contribution in [3.8, 4) is 0 Å². The van der Waals surface area contributed by atoms with E-state index in [0.29, 0.717) is 0 Å². The Morgan fingerprint density at radius 3 is 1.54 bits per heavy atom. The third-order valence-corrected chi connectivity index (χ3v) is 4.25. The number of rotatable bonds is 16. The van der Waals surface area contributed by atoms with Crippen molar-refractivity contribution in [2.75, 3.05) is 0 Å². The highest BCUT2D eigenvalue weighted by atomic mass is 35.5. The van der Waals surface area contributed by atoms with Crippen LogP contribution in [0.5, 0.6) is 0 Å². The molecule has 0 aliphatic rings. The zero-order chi connectivity index (χ0) is 17.2. The Bertz CT molecular complexity index is 289. The SMILES string of the molecule is CCCCCCCCCCCCCCC=CC=CCC(C)(C)N.Cl. The number of halogens is 1. The number of nitrogens with two attached hydrogens (primary N) is 1. The van der Waals surface area contributed by atoms with Crippen LogP contribution in [0, 0.1) is 0 Å². The fourth-order valence-electron chi connectivity index (χ4n) is 2.73. The Balaban J connectivity index is 0. The highest BCUT2D eigenvalue weighted by molar-refractivity contribution is 5.85. The van der Waals surface area contributed by atoms with Gasteiger partial charge in [-0.15, -0.1) is 12.4 Å². The molecule has 0 aliphatic heterocycles. The molecule has 2 N–H and O–H groups in total. The van der Waals surface area contributed by atoms with Crippen molar-refractivity contribution >= 4 is 12.4 Å². The van der Waals surface area contributed by atoms with Gasteiger partial charge in [-0.1, -0.05) is 102 Å². The van der Waals surface area contributed by atoms with Gasteiger partial charge in [0, 0.05) is 5.54 Å². The van der Waals surface area contributed by atoms with Crippen LogP contribution in [0.1, 0.15) is 111 Å². The second kappa shape index (κ2) is 19.1. The van der Waals surface area contributed by atoms with E-state index in [4.69, 9.17) is 5.73 Å². The Morgan fingerprint density at radius 1 is 0.667 bits per heavy atom. The fraction of sp³-hybridized carbons (Fsp3) is 0.818. The quantitative estimate of drug-likeness (QED) is 0.222. The minimum atomic E-state index is -0.0835. The Labute approximate surface area is 159 Å². The maximum absolute atomic E-state index is 5.93. The van der Waals surface area contributed by atoms with Crippen LogP contribution in [-0.2, 0) is 0 Å². The Hall–Kier alpha value is -0.270. The van der Waals surface area contributed by atoms with Gasteiger partial charge in [-0.3, -0.25) is 0 Å². The van der Waals surface area contributed by atoms with Crippen LogP contribution in [0.25, 0.3) is 0 Å². The first-order valence-corrected chi connectivity index (χ1v) is 10.2. The van der Waals surface area contributed by atoms with E-state index in [-0.39, 0.29) is 17.9 Å². The molecule has 2 heteroatoms. The number of allylic oxidation sites excluding steroid dienone is 3. The van der Waals surface area contributed by atoms with Crippen LogP contribution in [-0.4, -0.2) is 5.54 Å². The molecule has 0 rings (SSSR count). The first kappa shape index (κ1) is 26.0. The van der Waals surface area contributed by atoms with Crippen LogP contribution in [0.4, 0.5) is 0 Å². The second-order valence-electron chi connectivity index (χ2n) is 7.73. The second-order valence-corrected chi connectivity index (χ2v) is 7.73. The van der Waals surface area contributed by atoms with Gasteiger partial charge in [-0.25, -0.2) is 0 Å². The molecular weight excluding hydrogens is 314 g/mol. The Morgan fingerprint density at radius 2 is 1.08 bits per heavy atom. The molecule has 0 unspecified atom stereocenters. The van der Waals surface area contributed by atoms with Crippen molar-refractivity contribution in [3.63, 3.8) is 0 Å². The monoisotopic (exact) mass is 357 g/mol. The molecule has 0 aromatic heterocycles. The summed E-state index contributed by atoms with van der Waals surface area (Å²) in [6, 6.07) is 0. The van der Waals surface area contributed by atoms with E-state index in [1.165, 1.54) is 83.5 Å². The number of unbranched alkanes of at least 4 members (excludes halogenated alkanes) is 12. The summed E-state index contributed by atoms with van der Waals surface area (Å²) in [4.78, 5) is 0. The van der Waals surface area contributed by atoms with E-state index in [1.807, 2.05) is 0 Å². The average molecular weight is 358 g/mol. The smallest absolute Gasteiger partial charge is 0.0132 e. The molecule has 0 amide bonds. The summed E-state index contributed by atoms with van der Waals surface area (Å²) in [5.41, 5.74) is 5.84. The molecule has 0 aromatic rings. The van der Waals surface area contributed by atoms with E-state index < -0.39 is 0 Å². The van der Waals surface area contributed by atoms with E-state index in [2.05, 4.69) is 45.1 Å². The molecule has 0 heterocycles. The van der Waals surface area contributed by atoms with Gasteiger partial charge in [0.15, 0.2) is 0 Å². The van der Waals surface area contributed by atoms with Gasteiger partial charge in [0.2, 0.25) is 0 Å². The van der Waals surface area contributed by atoms with Crippen molar-refractivity contribution < 1.29 is 0 Å². The molecule has 144 valence electrons. The van der Waals surface area contributed by atoms with Crippen molar-refractivity contribution in [2.24, 2.45) is 5.73 Å². The third-order valence-electron chi connectivity index (χ3n) is 4.25. The van der Waals surface area contributed by atoms with Crippen molar-refractivity contribution in [2.45, 2.75) is 116 Å². The minimum Gasteiger partial charge on any atom is -0.325 e. The van der Waals surface area contributed by atoms with Gasteiger partial charge in [0.25, 0.3) is 0 Å². The number of hydrogen-bond donors (Lipinski definition) is 1. The first-order chi connectivity index (χ1) is 11.1. The molecule has 0 saturated carbocycles. The lowest BCUT2D eigenvalue weighted by atomic mass is 10.0. The summed E-state index contributed by atoms with van der Waals surface area (Å²) in [6.45, 7) is 6.41. The molecule has 24 heavy (non-hydrogen) atoms. The van der Waals surface area contributed by atoms with Gasteiger partial charge in [-0.2, -0.15) is 0 Å². The highest BCUT2D eigenvalue weighted by Gasteiger charge is 2.05. The summed E-state index contributed by atoms with van der Waals surface area (Å²) in [5, 5.41) is 0. The van der Waals surface area contributed by atoms with Gasteiger partial charge in [-0.05, 0) is 33.1 Å². The average Bonchev–Trinajstić information content (AvgIpc) is 2.49. The molecule has 0 fully saturated rings. The molecule has 0 bridgehead atoms. The molecule has 0 aliphatic carbocycles. The Kier molecular flexibility index (Phi) is 20.6. The van der Waals surface area contributed by atoms with E-state index >= 15 is 0 Å². The van der Waals surface area contributed by atoms with E-state index in [9.17, 15) is 0 Å². The summed E-state index contributed by atoms with van der Waals surface area (Å²) in [6.07, 6.45) is 28.0. The molecular formula is C22H44ClN. The molecule has 0 aromatic carbocycles. The largest absolute Gasteiger partial charge is 0.325 e. The standard InChI is InChI=1S/C22H43N.ClH/c1-4-5-6-7-8-9-10-11-12-13-14-15-16-17-18-19-20-21-22(2,3)23;/h17-20H,4-16,21,23H2,1-3H3;1H. The van der Waals surface area contributed by atoms with Crippen LogP contribution >= 0.6 is 12.4 Å². The summed E-state index contributed by atoms with van der Waals surface area (Å²) in [5.74, 6) is 0. The van der Waals surface area contributed by atoms with E-state index in [1.54, 1.807) is 0 Å². The lowest BCUT2D eigenvalue weighted by Gasteiger charge is -2.14.